The molecular formula is C18H16N5O2S+. The van der Waals surface area contributed by atoms with Crippen molar-refractivity contribution in [1.82, 2.24) is 10.3 Å². The molecule has 1 amide bonds. The summed E-state index contributed by atoms with van der Waals surface area (Å²) in [4.78, 5) is 16.6. The van der Waals surface area contributed by atoms with Crippen LogP contribution in [-0.4, -0.2) is 21.9 Å². The number of hydrogen-bond donors (Lipinski definition) is 1. The summed E-state index contributed by atoms with van der Waals surface area (Å²) in [6.45, 7) is 2.56. The van der Waals surface area contributed by atoms with Crippen molar-refractivity contribution in [2.45, 2.75) is 18.5 Å². The summed E-state index contributed by atoms with van der Waals surface area (Å²) in [5, 5.41) is 16.2. The van der Waals surface area contributed by atoms with Gasteiger partial charge in [-0.25, -0.2) is 4.98 Å². The Hall–Kier alpha value is -3.18. The zero-order valence-corrected chi connectivity index (χ0v) is 14.9. The molecule has 0 radical (unpaired) electrons. The van der Waals surface area contributed by atoms with Gasteiger partial charge in [-0.2, -0.15) is 5.26 Å². The number of aromatic nitrogens is 3. The van der Waals surface area contributed by atoms with Gasteiger partial charge in [-0.1, -0.05) is 46.8 Å². The fourth-order valence-electron chi connectivity index (χ4n) is 2.20. The summed E-state index contributed by atoms with van der Waals surface area (Å²) in [5.74, 6) is 0.126. The van der Waals surface area contributed by atoms with Crippen LogP contribution in [0.3, 0.4) is 0 Å². The van der Waals surface area contributed by atoms with Crippen molar-refractivity contribution >= 4 is 23.6 Å². The van der Waals surface area contributed by atoms with E-state index < -0.39 is 0 Å². The van der Waals surface area contributed by atoms with Gasteiger partial charge in [0.2, 0.25) is 11.2 Å². The fraction of sp³-hybridized carbons (Fsp3) is 0.167. The van der Waals surface area contributed by atoms with E-state index in [0.29, 0.717) is 17.1 Å². The van der Waals surface area contributed by atoms with E-state index in [9.17, 15) is 10.1 Å². The molecule has 7 nitrogen and oxygen atoms in total. The maximum Gasteiger partial charge on any atom is 0.302 e. The first kappa shape index (κ1) is 17.6. The molecule has 3 aromatic rings. The van der Waals surface area contributed by atoms with Crippen LogP contribution in [0.4, 0.5) is 5.88 Å². The number of pyridine rings is 1. The smallest absolute Gasteiger partial charge is 0.288 e. The standard InChI is InChI=1S/C18H15N5O2S/c1-2-23-11-17(25-22-23)21-16(24)12-26-18-14(10-19)8-9-15(20-18)13-6-4-3-5-7-13/h3-9,11H,2,12H2,1H3/p+1. The number of thioether (sulfide) groups is 1. The number of carbonyl (C=O) groups excluding carboxylic acids is 1. The molecule has 26 heavy (non-hydrogen) atoms. The molecule has 0 saturated heterocycles. The zero-order valence-electron chi connectivity index (χ0n) is 14.0. The van der Waals surface area contributed by atoms with Gasteiger partial charge in [-0.05, 0) is 19.1 Å². The minimum absolute atomic E-state index is 0.104. The van der Waals surface area contributed by atoms with E-state index in [2.05, 4.69) is 21.6 Å². The minimum atomic E-state index is -0.259. The molecule has 0 fully saturated rings. The largest absolute Gasteiger partial charge is 0.302 e. The topological polar surface area (TPSA) is 95.7 Å². The lowest BCUT2D eigenvalue weighted by Crippen LogP contribution is -2.32. The van der Waals surface area contributed by atoms with E-state index in [1.165, 1.54) is 11.8 Å². The lowest BCUT2D eigenvalue weighted by Gasteiger charge is -2.06. The lowest BCUT2D eigenvalue weighted by atomic mass is 10.1. The van der Waals surface area contributed by atoms with Crippen LogP contribution in [0, 0.1) is 11.3 Å². The molecule has 0 spiro atoms. The first-order valence-electron chi connectivity index (χ1n) is 7.95. The number of benzene rings is 1. The fourth-order valence-corrected chi connectivity index (χ4v) is 2.97. The summed E-state index contributed by atoms with van der Waals surface area (Å²) >= 11 is 1.21. The van der Waals surface area contributed by atoms with E-state index in [4.69, 9.17) is 4.52 Å². The number of rotatable bonds is 6. The van der Waals surface area contributed by atoms with Gasteiger partial charge < -0.3 is 0 Å². The first-order valence-corrected chi connectivity index (χ1v) is 8.94. The minimum Gasteiger partial charge on any atom is -0.288 e. The molecule has 8 heteroatoms. The highest BCUT2D eigenvalue weighted by molar-refractivity contribution is 8.00. The Morgan fingerprint density at radius 3 is 2.81 bits per heavy atom. The number of aryl methyl sites for hydroxylation is 1. The van der Waals surface area contributed by atoms with Gasteiger partial charge in [0.25, 0.3) is 6.20 Å². The molecule has 0 saturated carbocycles. The lowest BCUT2D eigenvalue weighted by molar-refractivity contribution is -0.759. The quantitative estimate of drug-likeness (QED) is 0.532. The zero-order chi connectivity index (χ0) is 18.4. The van der Waals surface area contributed by atoms with Gasteiger partial charge >= 0.3 is 5.88 Å². The maximum atomic E-state index is 12.1. The van der Waals surface area contributed by atoms with Crippen LogP contribution in [0.1, 0.15) is 12.5 Å². The van der Waals surface area contributed by atoms with E-state index in [1.807, 2.05) is 37.3 Å². The average molecular weight is 366 g/mol. The number of nitrogens with zero attached hydrogens (tertiary/aromatic N) is 4. The summed E-state index contributed by atoms with van der Waals surface area (Å²) in [5.41, 5.74) is 2.15. The molecule has 0 unspecified atom stereocenters. The van der Waals surface area contributed by atoms with Crippen LogP contribution in [-0.2, 0) is 11.3 Å². The van der Waals surface area contributed by atoms with Crippen LogP contribution < -0.4 is 10.00 Å². The summed E-state index contributed by atoms with van der Waals surface area (Å²) in [6, 6.07) is 15.3. The number of nitrogens with one attached hydrogen (secondary N) is 1. The molecule has 0 aliphatic heterocycles. The van der Waals surface area contributed by atoms with Gasteiger partial charge in [0.1, 0.15) is 11.1 Å². The van der Waals surface area contributed by atoms with E-state index in [1.54, 1.807) is 23.0 Å². The first-order chi connectivity index (χ1) is 12.7. The number of hydrogen-bond acceptors (Lipinski definition) is 6. The Labute approximate surface area is 154 Å². The van der Waals surface area contributed by atoms with E-state index >= 15 is 0 Å². The maximum absolute atomic E-state index is 12.1. The predicted molar refractivity (Wildman–Crippen MR) is 96.1 cm³/mol. The molecule has 1 N–H and O–H groups in total. The second-order valence-electron chi connectivity index (χ2n) is 5.29. The van der Waals surface area contributed by atoms with E-state index in [0.717, 1.165) is 11.3 Å². The van der Waals surface area contributed by atoms with Crippen LogP contribution in [0.2, 0.25) is 0 Å². The average Bonchev–Trinajstić information content (AvgIpc) is 3.14. The summed E-state index contributed by atoms with van der Waals surface area (Å²) in [7, 11) is 0. The SMILES string of the molecule is CC[n+]1cc(NC(=O)CSc2nc(-c3ccccc3)ccc2C#N)on1. The molecule has 0 aliphatic rings. The van der Waals surface area contributed by atoms with Gasteiger partial charge in [0.15, 0.2) is 6.54 Å². The van der Waals surface area contributed by atoms with Crippen molar-refractivity contribution < 1.29 is 14.0 Å². The Kier molecular flexibility index (Phi) is 5.61. The van der Waals surface area contributed by atoms with Crippen molar-refractivity contribution in [3.8, 4) is 17.3 Å². The van der Waals surface area contributed by atoms with Crippen molar-refractivity contribution in [1.29, 1.82) is 5.26 Å². The molecule has 1 aromatic carbocycles. The number of carbonyl (C=O) groups is 1. The van der Waals surface area contributed by atoms with E-state index in [-0.39, 0.29) is 17.5 Å². The molecule has 0 bridgehead atoms. The molecule has 0 aliphatic carbocycles. The third kappa shape index (κ3) is 4.26. The normalized spacial score (nSPS) is 10.3. The third-order valence-electron chi connectivity index (χ3n) is 3.49. The molecule has 130 valence electrons. The van der Waals surface area contributed by atoms with Crippen molar-refractivity contribution in [3.05, 3.63) is 54.2 Å². The molecule has 0 atom stereocenters. The van der Waals surface area contributed by atoms with Crippen LogP contribution >= 0.6 is 11.8 Å². The van der Waals surface area contributed by atoms with Crippen LogP contribution in [0.25, 0.3) is 11.3 Å². The monoisotopic (exact) mass is 366 g/mol. The third-order valence-corrected chi connectivity index (χ3v) is 4.48. The Balaban J connectivity index is 1.70. The highest BCUT2D eigenvalue weighted by atomic mass is 32.2. The number of anilines is 1. The predicted octanol–water partition coefficient (Wildman–Crippen LogP) is 2.65. The Morgan fingerprint density at radius 1 is 1.31 bits per heavy atom. The van der Waals surface area contributed by atoms with Gasteiger partial charge in [-0.3, -0.25) is 14.6 Å². The van der Waals surface area contributed by atoms with Crippen molar-refractivity contribution in [2.75, 3.05) is 11.1 Å². The molecule has 2 heterocycles. The Morgan fingerprint density at radius 2 is 2.12 bits per heavy atom. The highest BCUT2D eigenvalue weighted by Gasteiger charge is 2.14. The van der Waals surface area contributed by atoms with Gasteiger partial charge in [-0.15, -0.1) is 0 Å². The molecule has 2 aromatic heterocycles. The Bertz CT molecular complexity index is 950. The summed E-state index contributed by atoms with van der Waals surface area (Å²) in [6.07, 6.45) is 1.61. The van der Waals surface area contributed by atoms with Gasteiger partial charge in [0.05, 0.1) is 17.0 Å². The second kappa shape index (κ2) is 8.27. The molecular weight excluding hydrogens is 350 g/mol. The number of nitriles is 1. The van der Waals surface area contributed by atoms with Crippen molar-refractivity contribution in [3.63, 3.8) is 0 Å². The van der Waals surface area contributed by atoms with Crippen LogP contribution in [0.15, 0.2) is 58.2 Å². The van der Waals surface area contributed by atoms with Gasteiger partial charge in [0, 0.05) is 5.56 Å². The second-order valence-corrected chi connectivity index (χ2v) is 6.25. The van der Waals surface area contributed by atoms with Crippen LogP contribution in [0.5, 0.6) is 0 Å². The van der Waals surface area contributed by atoms with Crippen molar-refractivity contribution in [2.24, 2.45) is 0 Å². The highest BCUT2D eigenvalue weighted by Crippen LogP contribution is 2.25. The summed E-state index contributed by atoms with van der Waals surface area (Å²) < 4.78 is 6.57. The number of amides is 1. The molecule has 3 rings (SSSR count).